The first-order valence-corrected chi connectivity index (χ1v) is 8.61. The molecule has 0 aliphatic carbocycles. The first-order chi connectivity index (χ1) is 9.15. The lowest BCUT2D eigenvalue weighted by atomic mass is 10.2. The van der Waals surface area contributed by atoms with Gasteiger partial charge in [-0.25, -0.2) is 4.98 Å². The molecule has 0 bridgehead atoms. The number of aryl methyl sites for hydroxylation is 1. The summed E-state index contributed by atoms with van der Waals surface area (Å²) in [5.74, 6) is 0.670. The van der Waals surface area contributed by atoms with Gasteiger partial charge in [0.2, 0.25) is 5.91 Å². The summed E-state index contributed by atoms with van der Waals surface area (Å²) in [5.41, 5.74) is 1.02. The van der Waals surface area contributed by atoms with Gasteiger partial charge in [-0.15, -0.1) is 23.1 Å². The molecule has 0 aromatic carbocycles. The van der Waals surface area contributed by atoms with Gasteiger partial charge in [0.05, 0.1) is 11.8 Å². The molecule has 2 heterocycles. The van der Waals surface area contributed by atoms with Crippen molar-refractivity contribution in [2.45, 2.75) is 38.0 Å². The van der Waals surface area contributed by atoms with Crippen molar-refractivity contribution in [3.63, 3.8) is 0 Å². The van der Waals surface area contributed by atoms with Crippen molar-refractivity contribution in [1.29, 1.82) is 0 Å². The van der Waals surface area contributed by atoms with E-state index < -0.39 is 0 Å². The van der Waals surface area contributed by atoms with Crippen LogP contribution in [0.3, 0.4) is 0 Å². The summed E-state index contributed by atoms with van der Waals surface area (Å²) < 4.78 is 0. The number of aromatic nitrogens is 1. The van der Waals surface area contributed by atoms with Gasteiger partial charge in [-0.05, 0) is 39.8 Å². The van der Waals surface area contributed by atoms with Crippen molar-refractivity contribution in [3.8, 4) is 0 Å². The molecule has 0 radical (unpaired) electrons. The summed E-state index contributed by atoms with van der Waals surface area (Å²) in [5, 5.41) is 9.99. The summed E-state index contributed by atoms with van der Waals surface area (Å²) in [6.07, 6.45) is 2.33. The fourth-order valence-electron chi connectivity index (χ4n) is 2.07. The molecule has 1 saturated heterocycles. The zero-order valence-corrected chi connectivity index (χ0v) is 13.1. The Morgan fingerprint density at radius 2 is 2.37 bits per heavy atom. The highest BCUT2D eigenvalue weighted by molar-refractivity contribution is 8.00. The molecule has 4 nitrogen and oxygen atoms in total. The number of carbonyl (C=O) groups is 1. The van der Waals surface area contributed by atoms with E-state index in [2.05, 4.69) is 15.6 Å². The number of nitrogens with one attached hydrogen (secondary N) is 2. The molecule has 0 spiro atoms. The predicted octanol–water partition coefficient (Wildman–Crippen LogP) is 2.11. The molecule has 1 atom stereocenters. The van der Waals surface area contributed by atoms with E-state index in [9.17, 15) is 4.79 Å². The minimum Gasteiger partial charge on any atom is -0.346 e. The first-order valence-electron chi connectivity index (χ1n) is 6.69. The van der Waals surface area contributed by atoms with Gasteiger partial charge in [0.15, 0.2) is 0 Å². The average Bonchev–Trinajstić information content (AvgIpc) is 2.84. The van der Waals surface area contributed by atoms with Gasteiger partial charge < -0.3 is 10.6 Å². The molecule has 1 amide bonds. The van der Waals surface area contributed by atoms with Crippen molar-refractivity contribution in [1.82, 2.24) is 15.6 Å². The molecule has 1 aromatic rings. The van der Waals surface area contributed by atoms with Crippen molar-refractivity contribution in [2.75, 3.05) is 18.8 Å². The number of nitrogens with zero attached hydrogens (tertiary/aromatic N) is 1. The number of carbonyl (C=O) groups excluding carboxylic acids is 1. The van der Waals surface area contributed by atoms with Crippen molar-refractivity contribution >= 4 is 29.0 Å². The molecule has 1 fully saturated rings. The Labute approximate surface area is 122 Å². The molecule has 1 aliphatic rings. The van der Waals surface area contributed by atoms with Crippen LogP contribution in [0.4, 0.5) is 0 Å². The number of hydrogen-bond acceptors (Lipinski definition) is 5. The Hall–Kier alpha value is -0.590. The van der Waals surface area contributed by atoms with Gasteiger partial charge in [0.1, 0.15) is 5.01 Å². The third-order valence-corrected chi connectivity index (χ3v) is 5.64. The van der Waals surface area contributed by atoms with E-state index in [1.807, 2.05) is 19.2 Å². The lowest BCUT2D eigenvalue weighted by Gasteiger charge is -2.22. The quantitative estimate of drug-likeness (QED) is 0.874. The van der Waals surface area contributed by atoms with Crippen LogP contribution in [0.25, 0.3) is 0 Å². The topological polar surface area (TPSA) is 54.0 Å². The van der Waals surface area contributed by atoms with E-state index >= 15 is 0 Å². The summed E-state index contributed by atoms with van der Waals surface area (Å²) >= 11 is 3.38. The molecular formula is C13H21N3OS2. The van der Waals surface area contributed by atoms with Gasteiger partial charge in [-0.2, -0.15) is 0 Å². The summed E-state index contributed by atoms with van der Waals surface area (Å²) in [6, 6.07) is 0.0137. The number of thioether (sulfide) groups is 1. The second kappa shape index (κ2) is 7.26. The lowest BCUT2D eigenvalue weighted by molar-refractivity contribution is -0.119. The molecule has 0 saturated carbocycles. The lowest BCUT2D eigenvalue weighted by Crippen LogP contribution is -2.32. The minimum atomic E-state index is 0.0137. The molecule has 1 aromatic heterocycles. The summed E-state index contributed by atoms with van der Waals surface area (Å²) in [6.45, 7) is 6.12. The van der Waals surface area contributed by atoms with Gasteiger partial charge in [0.25, 0.3) is 0 Å². The largest absolute Gasteiger partial charge is 0.346 e. The molecule has 19 heavy (non-hydrogen) atoms. The second-order valence-electron chi connectivity index (χ2n) is 4.88. The van der Waals surface area contributed by atoms with E-state index in [0.29, 0.717) is 11.0 Å². The predicted molar refractivity (Wildman–Crippen MR) is 81.8 cm³/mol. The molecule has 1 aliphatic heterocycles. The number of hydrogen-bond donors (Lipinski definition) is 2. The number of piperidine rings is 1. The fraction of sp³-hybridized carbons (Fsp3) is 0.692. The van der Waals surface area contributed by atoms with Crippen LogP contribution in [-0.4, -0.2) is 35.0 Å². The van der Waals surface area contributed by atoms with Crippen LogP contribution in [0, 0.1) is 6.92 Å². The van der Waals surface area contributed by atoms with E-state index in [0.717, 1.165) is 23.8 Å². The van der Waals surface area contributed by atoms with Crippen LogP contribution < -0.4 is 10.6 Å². The molecule has 2 N–H and O–H groups in total. The highest BCUT2D eigenvalue weighted by Gasteiger charge is 2.17. The van der Waals surface area contributed by atoms with Crippen LogP contribution in [0.5, 0.6) is 0 Å². The Balaban J connectivity index is 1.71. The van der Waals surface area contributed by atoms with Gasteiger partial charge in [0, 0.05) is 16.3 Å². The van der Waals surface area contributed by atoms with Crippen molar-refractivity contribution in [2.24, 2.45) is 0 Å². The van der Waals surface area contributed by atoms with Crippen LogP contribution >= 0.6 is 23.1 Å². The van der Waals surface area contributed by atoms with Gasteiger partial charge >= 0.3 is 0 Å². The third-order valence-electron chi connectivity index (χ3n) is 3.12. The van der Waals surface area contributed by atoms with E-state index in [1.54, 1.807) is 23.1 Å². The highest BCUT2D eigenvalue weighted by Crippen LogP contribution is 2.21. The maximum atomic E-state index is 11.9. The minimum absolute atomic E-state index is 0.0137. The average molecular weight is 299 g/mol. The molecule has 1 unspecified atom stereocenters. The van der Waals surface area contributed by atoms with E-state index in [1.165, 1.54) is 12.8 Å². The first kappa shape index (κ1) is 14.8. The summed E-state index contributed by atoms with van der Waals surface area (Å²) in [7, 11) is 0. The van der Waals surface area contributed by atoms with Crippen molar-refractivity contribution in [3.05, 3.63) is 16.1 Å². The SMILES string of the molecule is Cc1csc(C(C)NC(=O)CSC2CCNCC2)n1. The zero-order valence-electron chi connectivity index (χ0n) is 11.4. The summed E-state index contributed by atoms with van der Waals surface area (Å²) in [4.78, 5) is 16.3. The van der Waals surface area contributed by atoms with Crippen molar-refractivity contribution < 1.29 is 4.79 Å². The monoisotopic (exact) mass is 299 g/mol. The second-order valence-corrected chi connectivity index (χ2v) is 7.06. The smallest absolute Gasteiger partial charge is 0.230 e. The Bertz CT molecular complexity index is 416. The van der Waals surface area contributed by atoms with E-state index in [-0.39, 0.29) is 11.9 Å². The molecule has 106 valence electrons. The number of thiazole rings is 1. The molecule has 6 heteroatoms. The zero-order chi connectivity index (χ0) is 13.7. The fourth-order valence-corrected chi connectivity index (χ4v) is 3.91. The Morgan fingerprint density at radius 3 is 3.00 bits per heavy atom. The van der Waals surface area contributed by atoms with Gasteiger partial charge in [-0.1, -0.05) is 0 Å². The third kappa shape index (κ3) is 4.78. The van der Waals surface area contributed by atoms with Crippen LogP contribution in [0.2, 0.25) is 0 Å². The standard InChI is InChI=1S/C13H21N3OS2/c1-9-7-19-13(15-9)10(2)16-12(17)8-18-11-3-5-14-6-4-11/h7,10-11,14H,3-6,8H2,1-2H3,(H,16,17). The van der Waals surface area contributed by atoms with Crippen LogP contribution in [-0.2, 0) is 4.79 Å². The molecule has 2 rings (SSSR count). The van der Waals surface area contributed by atoms with E-state index in [4.69, 9.17) is 0 Å². The maximum absolute atomic E-state index is 11.9. The molecular weight excluding hydrogens is 278 g/mol. The highest BCUT2D eigenvalue weighted by atomic mass is 32.2. The normalized spacial score (nSPS) is 18.2. The Kier molecular flexibility index (Phi) is 5.66. The van der Waals surface area contributed by atoms with Crippen LogP contribution in [0.15, 0.2) is 5.38 Å². The van der Waals surface area contributed by atoms with Gasteiger partial charge in [-0.3, -0.25) is 4.79 Å². The Morgan fingerprint density at radius 1 is 1.63 bits per heavy atom. The maximum Gasteiger partial charge on any atom is 0.230 e. The van der Waals surface area contributed by atoms with Crippen LogP contribution in [0.1, 0.15) is 36.5 Å². The number of amides is 1. The number of rotatable bonds is 5.